The lowest BCUT2D eigenvalue weighted by atomic mass is 9.72. The van der Waals surface area contributed by atoms with Gasteiger partial charge in [0.05, 0.1) is 0 Å². The van der Waals surface area contributed by atoms with Gasteiger partial charge in [-0.2, -0.15) is 0 Å². The van der Waals surface area contributed by atoms with Gasteiger partial charge in [0.2, 0.25) is 0 Å². The molecule has 19 heavy (non-hydrogen) atoms. The summed E-state index contributed by atoms with van der Waals surface area (Å²) in [6.45, 7) is 4.04. The Hall–Kier alpha value is -1.21. The van der Waals surface area contributed by atoms with Gasteiger partial charge in [-0.15, -0.1) is 0 Å². The Morgan fingerprint density at radius 2 is 1.74 bits per heavy atom. The summed E-state index contributed by atoms with van der Waals surface area (Å²) < 4.78 is 0. The first kappa shape index (κ1) is 17.8. The Kier molecular flexibility index (Phi) is 6.38. The minimum absolute atomic E-state index is 0.0518. The van der Waals surface area contributed by atoms with E-state index in [-0.39, 0.29) is 30.6 Å². The number of rotatable bonds is 8. The van der Waals surface area contributed by atoms with Crippen LogP contribution in [0.4, 0.5) is 0 Å². The molecule has 1 unspecified atom stereocenters. The predicted molar refractivity (Wildman–Crippen MR) is 68.3 cm³/mol. The van der Waals surface area contributed by atoms with Gasteiger partial charge in [-0.25, -0.2) is 0 Å². The number of aliphatic hydroxyl groups excluding tert-OH is 2. The molecule has 0 saturated carbocycles. The third-order valence-corrected chi connectivity index (χ3v) is 3.53. The van der Waals surface area contributed by atoms with Gasteiger partial charge in [-0.1, -0.05) is 20.8 Å². The van der Waals surface area contributed by atoms with Crippen LogP contribution in [-0.4, -0.2) is 45.0 Å². The molecule has 0 aliphatic heterocycles. The van der Waals surface area contributed by atoms with Gasteiger partial charge in [0, 0.05) is 17.8 Å². The molecule has 0 amide bonds. The van der Waals surface area contributed by atoms with E-state index in [9.17, 15) is 25.1 Å². The first-order valence-electron chi connectivity index (χ1n) is 6.17. The smallest absolute Gasteiger partial charge is 0.303 e. The minimum atomic E-state index is -1.81. The number of hydrogen-bond acceptors (Lipinski definition) is 5. The van der Waals surface area contributed by atoms with Gasteiger partial charge < -0.3 is 15.3 Å². The zero-order valence-electron chi connectivity index (χ0n) is 11.6. The molecule has 0 fully saturated rings. The predicted octanol–water partition coefficient (Wildman–Crippen LogP) is 0.904. The van der Waals surface area contributed by atoms with E-state index in [2.05, 4.69) is 0 Å². The van der Waals surface area contributed by atoms with Crippen LogP contribution in [0.3, 0.4) is 0 Å². The molecule has 3 N–H and O–H groups in total. The molecular formula is C12H23NO6. The van der Waals surface area contributed by atoms with Gasteiger partial charge in [-0.3, -0.25) is 14.9 Å². The third-order valence-electron chi connectivity index (χ3n) is 3.53. The lowest BCUT2D eigenvalue weighted by Crippen LogP contribution is -2.48. The molecular weight excluding hydrogens is 254 g/mol. The van der Waals surface area contributed by atoms with Crippen LogP contribution >= 0.6 is 0 Å². The highest BCUT2D eigenvalue weighted by Crippen LogP contribution is 2.36. The van der Waals surface area contributed by atoms with Crippen molar-refractivity contribution in [3.8, 4) is 0 Å². The van der Waals surface area contributed by atoms with Crippen LogP contribution in [0.25, 0.3) is 0 Å². The first-order chi connectivity index (χ1) is 8.59. The SMILES string of the molecule is CC(C)(C)C(CCC(=O)O)CC(CO)(CO)[N+](=O)[O-]. The molecule has 7 nitrogen and oxygen atoms in total. The molecule has 0 radical (unpaired) electrons. The van der Waals surface area contributed by atoms with Crippen LogP contribution in [0.2, 0.25) is 0 Å². The Balaban J connectivity index is 5.07. The maximum absolute atomic E-state index is 11.1. The van der Waals surface area contributed by atoms with Crippen molar-refractivity contribution in [2.45, 2.75) is 45.6 Å². The van der Waals surface area contributed by atoms with Crippen LogP contribution in [0.5, 0.6) is 0 Å². The van der Waals surface area contributed by atoms with Crippen molar-refractivity contribution in [1.29, 1.82) is 0 Å². The maximum Gasteiger partial charge on any atom is 0.303 e. The summed E-state index contributed by atoms with van der Waals surface area (Å²) in [6, 6.07) is 0. The molecule has 0 spiro atoms. The van der Waals surface area contributed by atoms with Crippen molar-refractivity contribution in [3.05, 3.63) is 10.1 Å². The summed E-state index contributed by atoms with van der Waals surface area (Å²) >= 11 is 0. The molecule has 0 bridgehead atoms. The van der Waals surface area contributed by atoms with Crippen molar-refractivity contribution in [3.63, 3.8) is 0 Å². The van der Waals surface area contributed by atoms with E-state index in [0.717, 1.165) is 0 Å². The van der Waals surface area contributed by atoms with Crippen LogP contribution in [-0.2, 0) is 4.79 Å². The number of carboxylic acid groups (broad SMARTS) is 1. The molecule has 0 aromatic rings. The van der Waals surface area contributed by atoms with Gasteiger partial charge in [-0.05, 0) is 17.8 Å². The highest BCUT2D eigenvalue weighted by atomic mass is 16.6. The number of hydrogen-bond donors (Lipinski definition) is 3. The van der Waals surface area contributed by atoms with E-state index < -0.39 is 29.6 Å². The fraction of sp³-hybridized carbons (Fsp3) is 0.917. The van der Waals surface area contributed by atoms with Crippen molar-refractivity contribution >= 4 is 5.97 Å². The highest BCUT2D eigenvalue weighted by molar-refractivity contribution is 5.66. The largest absolute Gasteiger partial charge is 0.481 e. The number of aliphatic hydroxyl groups is 2. The van der Waals surface area contributed by atoms with E-state index in [1.54, 1.807) is 0 Å². The summed E-state index contributed by atoms with van der Waals surface area (Å²) in [7, 11) is 0. The molecule has 0 aliphatic carbocycles. The number of nitrogens with zero attached hydrogens (tertiary/aromatic N) is 1. The molecule has 112 valence electrons. The van der Waals surface area contributed by atoms with Crippen LogP contribution in [0.1, 0.15) is 40.0 Å². The van der Waals surface area contributed by atoms with Gasteiger partial charge >= 0.3 is 5.97 Å². The highest BCUT2D eigenvalue weighted by Gasteiger charge is 2.46. The fourth-order valence-corrected chi connectivity index (χ4v) is 1.97. The first-order valence-corrected chi connectivity index (χ1v) is 6.17. The molecule has 0 rings (SSSR count). The Morgan fingerprint density at radius 1 is 1.26 bits per heavy atom. The topological polar surface area (TPSA) is 121 Å². The average molecular weight is 277 g/mol. The second kappa shape index (κ2) is 6.81. The zero-order chi connectivity index (χ0) is 15.3. The van der Waals surface area contributed by atoms with E-state index in [4.69, 9.17) is 5.11 Å². The van der Waals surface area contributed by atoms with E-state index in [0.29, 0.717) is 0 Å². The fourth-order valence-electron chi connectivity index (χ4n) is 1.97. The summed E-state index contributed by atoms with van der Waals surface area (Å²) in [5.74, 6) is -1.25. The Bertz CT molecular complexity index is 319. The maximum atomic E-state index is 11.1. The normalized spacial score (nSPS) is 14.2. The minimum Gasteiger partial charge on any atom is -0.481 e. The van der Waals surface area contributed by atoms with E-state index >= 15 is 0 Å². The molecule has 0 aromatic heterocycles. The van der Waals surface area contributed by atoms with E-state index in [1.807, 2.05) is 20.8 Å². The van der Waals surface area contributed by atoms with Crippen molar-refractivity contribution in [1.82, 2.24) is 0 Å². The van der Waals surface area contributed by atoms with Gasteiger partial charge in [0.25, 0.3) is 5.54 Å². The Morgan fingerprint density at radius 3 is 2.00 bits per heavy atom. The van der Waals surface area contributed by atoms with Crippen molar-refractivity contribution in [2.75, 3.05) is 13.2 Å². The van der Waals surface area contributed by atoms with E-state index in [1.165, 1.54) is 0 Å². The van der Waals surface area contributed by atoms with Crippen molar-refractivity contribution < 1.29 is 25.0 Å². The summed E-state index contributed by atoms with van der Waals surface area (Å²) in [5, 5.41) is 38.2. The lowest BCUT2D eigenvalue weighted by molar-refractivity contribution is -0.580. The zero-order valence-corrected chi connectivity index (χ0v) is 11.6. The number of aliphatic carboxylic acids is 1. The number of carboxylic acids is 1. The second-order valence-electron chi connectivity index (χ2n) is 6.00. The average Bonchev–Trinajstić information content (AvgIpc) is 2.27. The third kappa shape index (κ3) is 5.12. The summed E-state index contributed by atoms with van der Waals surface area (Å²) in [6.07, 6.45) is 0.130. The van der Waals surface area contributed by atoms with Crippen LogP contribution in [0.15, 0.2) is 0 Å². The Labute approximate surface area is 112 Å². The molecule has 0 saturated heterocycles. The molecule has 0 aliphatic rings. The lowest BCUT2D eigenvalue weighted by Gasteiger charge is -2.34. The quantitative estimate of drug-likeness (QED) is 0.448. The molecule has 1 atom stereocenters. The standard InChI is InChI=1S/C12H23NO6/c1-11(2,3)9(4-5-10(16)17)6-12(7-14,8-15)13(18)19/h9,14-15H,4-8H2,1-3H3,(H,16,17). The number of nitro groups is 1. The van der Waals surface area contributed by atoms with Crippen molar-refractivity contribution in [2.24, 2.45) is 11.3 Å². The molecule has 7 heteroatoms. The molecule has 0 heterocycles. The van der Waals surface area contributed by atoms with Gasteiger partial charge in [0.15, 0.2) is 0 Å². The van der Waals surface area contributed by atoms with Crippen LogP contribution in [0, 0.1) is 21.4 Å². The summed E-state index contributed by atoms with van der Waals surface area (Å²) in [5.41, 5.74) is -2.16. The van der Waals surface area contributed by atoms with Gasteiger partial charge in [0.1, 0.15) is 13.2 Å². The summed E-state index contributed by atoms with van der Waals surface area (Å²) in [4.78, 5) is 21.0. The van der Waals surface area contributed by atoms with Crippen LogP contribution < -0.4 is 0 Å². The monoisotopic (exact) mass is 277 g/mol. The number of carbonyl (C=O) groups is 1. The molecule has 0 aromatic carbocycles. The second-order valence-corrected chi connectivity index (χ2v) is 6.00.